The van der Waals surface area contributed by atoms with Gasteiger partial charge in [-0.3, -0.25) is 9.69 Å². The molecule has 0 bridgehead atoms. The molecule has 1 N–H and O–H groups in total. The number of benzene rings is 1. The molecule has 3 rings (SSSR count). The van der Waals surface area contributed by atoms with Crippen molar-refractivity contribution in [1.29, 1.82) is 0 Å². The average Bonchev–Trinajstić information content (AvgIpc) is 2.90. The Morgan fingerprint density at radius 3 is 2.81 bits per heavy atom. The second-order valence-electron chi connectivity index (χ2n) is 6.28. The van der Waals surface area contributed by atoms with Crippen LogP contribution in [0.2, 0.25) is 0 Å². The van der Waals surface area contributed by atoms with Gasteiger partial charge in [-0.05, 0) is 73.9 Å². The van der Waals surface area contributed by atoms with E-state index in [0.717, 1.165) is 38.8 Å². The highest BCUT2D eigenvalue weighted by atomic mass is 19.1. The van der Waals surface area contributed by atoms with Crippen molar-refractivity contribution in [1.82, 2.24) is 10.2 Å². The van der Waals surface area contributed by atoms with E-state index in [0.29, 0.717) is 18.4 Å². The monoisotopic (exact) mass is 290 g/mol. The van der Waals surface area contributed by atoms with E-state index < -0.39 is 0 Å². The number of nitrogens with one attached hydrogen (secondary N) is 1. The number of hydrogen-bond donors (Lipinski definition) is 1. The number of likely N-dealkylation sites (tertiary alicyclic amines) is 1. The predicted octanol–water partition coefficient (Wildman–Crippen LogP) is 2.31. The van der Waals surface area contributed by atoms with E-state index in [-0.39, 0.29) is 11.7 Å². The first-order chi connectivity index (χ1) is 10.2. The summed E-state index contributed by atoms with van der Waals surface area (Å²) in [7, 11) is 1.68. The number of amides is 1. The summed E-state index contributed by atoms with van der Waals surface area (Å²) in [6.07, 6.45) is 4.44. The van der Waals surface area contributed by atoms with Crippen LogP contribution in [0, 0.1) is 11.7 Å². The SMILES string of the molecule is CNC(=O)CN1CCC(C2CCc3cc(F)ccc32)CC1. The number of nitrogens with zero attached hydrogens (tertiary/aromatic N) is 1. The number of fused-ring (bicyclic) bond motifs is 1. The fourth-order valence-electron chi connectivity index (χ4n) is 3.90. The van der Waals surface area contributed by atoms with Crippen LogP contribution in [0.3, 0.4) is 0 Å². The molecule has 0 saturated carbocycles. The lowest BCUT2D eigenvalue weighted by atomic mass is 9.81. The molecule has 1 aromatic carbocycles. The molecule has 1 aromatic rings. The molecule has 1 amide bonds. The Bertz CT molecular complexity index is 524. The van der Waals surface area contributed by atoms with Crippen LogP contribution in [0.25, 0.3) is 0 Å². The molecule has 1 atom stereocenters. The fourth-order valence-corrected chi connectivity index (χ4v) is 3.90. The summed E-state index contributed by atoms with van der Waals surface area (Å²) in [5, 5.41) is 2.68. The number of carbonyl (C=O) groups is 1. The summed E-state index contributed by atoms with van der Waals surface area (Å²) < 4.78 is 13.3. The zero-order valence-corrected chi connectivity index (χ0v) is 12.6. The van der Waals surface area contributed by atoms with E-state index in [2.05, 4.69) is 10.2 Å². The first kappa shape index (κ1) is 14.5. The Hall–Kier alpha value is -1.42. The second-order valence-corrected chi connectivity index (χ2v) is 6.28. The molecule has 1 aliphatic heterocycles. The first-order valence-electron chi connectivity index (χ1n) is 7.88. The molecular formula is C17H23FN2O. The lowest BCUT2D eigenvalue weighted by Gasteiger charge is -2.34. The van der Waals surface area contributed by atoms with Crippen molar-refractivity contribution < 1.29 is 9.18 Å². The molecule has 114 valence electrons. The maximum Gasteiger partial charge on any atom is 0.233 e. The number of likely N-dealkylation sites (N-methyl/N-ethyl adjacent to an activating group) is 1. The van der Waals surface area contributed by atoms with Gasteiger partial charge in [0, 0.05) is 7.05 Å². The van der Waals surface area contributed by atoms with E-state index in [1.54, 1.807) is 19.2 Å². The summed E-state index contributed by atoms with van der Waals surface area (Å²) in [6.45, 7) is 2.49. The number of hydrogen-bond acceptors (Lipinski definition) is 2. The lowest BCUT2D eigenvalue weighted by Crippen LogP contribution is -2.41. The van der Waals surface area contributed by atoms with Gasteiger partial charge in [0.2, 0.25) is 5.91 Å². The van der Waals surface area contributed by atoms with Gasteiger partial charge in [-0.25, -0.2) is 4.39 Å². The number of carbonyl (C=O) groups excluding carboxylic acids is 1. The van der Waals surface area contributed by atoms with Gasteiger partial charge in [0.1, 0.15) is 5.82 Å². The maximum absolute atomic E-state index is 13.3. The average molecular weight is 290 g/mol. The summed E-state index contributed by atoms with van der Waals surface area (Å²) in [6, 6.07) is 5.28. The molecule has 2 aliphatic rings. The van der Waals surface area contributed by atoms with E-state index in [9.17, 15) is 9.18 Å². The Morgan fingerprint density at radius 1 is 1.33 bits per heavy atom. The van der Waals surface area contributed by atoms with Gasteiger partial charge in [0.25, 0.3) is 0 Å². The third-order valence-corrected chi connectivity index (χ3v) is 5.08. The summed E-state index contributed by atoms with van der Waals surface area (Å²) in [4.78, 5) is 13.7. The summed E-state index contributed by atoms with van der Waals surface area (Å²) in [5.74, 6) is 1.24. The highest BCUT2D eigenvalue weighted by Crippen LogP contribution is 2.42. The van der Waals surface area contributed by atoms with Crippen LogP contribution in [0.1, 0.15) is 36.3 Å². The largest absolute Gasteiger partial charge is 0.358 e. The van der Waals surface area contributed by atoms with Crippen LogP contribution < -0.4 is 5.32 Å². The Labute approximate surface area is 125 Å². The van der Waals surface area contributed by atoms with Gasteiger partial charge in [-0.2, -0.15) is 0 Å². The highest BCUT2D eigenvalue weighted by Gasteiger charge is 2.32. The smallest absolute Gasteiger partial charge is 0.233 e. The highest BCUT2D eigenvalue weighted by molar-refractivity contribution is 5.77. The number of aryl methyl sites for hydroxylation is 1. The van der Waals surface area contributed by atoms with Crippen LogP contribution in [0.15, 0.2) is 18.2 Å². The molecule has 21 heavy (non-hydrogen) atoms. The van der Waals surface area contributed by atoms with Gasteiger partial charge < -0.3 is 5.32 Å². The molecule has 1 unspecified atom stereocenters. The van der Waals surface area contributed by atoms with Crippen molar-refractivity contribution in [3.63, 3.8) is 0 Å². The van der Waals surface area contributed by atoms with Gasteiger partial charge in [-0.1, -0.05) is 6.07 Å². The molecule has 4 heteroatoms. The molecule has 0 spiro atoms. The van der Waals surface area contributed by atoms with E-state index in [1.165, 1.54) is 11.1 Å². The lowest BCUT2D eigenvalue weighted by molar-refractivity contribution is -0.122. The van der Waals surface area contributed by atoms with Crippen molar-refractivity contribution in [2.45, 2.75) is 31.6 Å². The van der Waals surface area contributed by atoms with Crippen molar-refractivity contribution in [2.75, 3.05) is 26.7 Å². The Morgan fingerprint density at radius 2 is 2.10 bits per heavy atom. The van der Waals surface area contributed by atoms with Crippen LogP contribution in [-0.2, 0) is 11.2 Å². The zero-order chi connectivity index (χ0) is 14.8. The Balaban J connectivity index is 1.60. The minimum absolute atomic E-state index is 0.0927. The Kier molecular flexibility index (Phi) is 4.24. The first-order valence-corrected chi connectivity index (χ1v) is 7.88. The van der Waals surface area contributed by atoms with Crippen LogP contribution in [-0.4, -0.2) is 37.5 Å². The van der Waals surface area contributed by atoms with Gasteiger partial charge >= 0.3 is 0 Å². The minimum Gasteiger partial charge on any atom is -0.358 e. The van der Waals surface area contributed by atoms with Crippen molar-refractivity contribution >= 4 is 5.91 Å². The molecule has 1 fully saturated rings. The van der Waals surface area contributed by atoms with Crippen molar-refractivity contribution in [3.05, 3.63) is 35.1 Å². The van der Waals surface area contributed by atoms with Gasteiger partial charge in [-0.15, -0.1) is 0 Å². The third kappa shape index (κ3) is 3.10. The summed E-state index contributed by atoms with van der Waals surface area (Å²) >= 11 is 0. The van der Waals surface area contributed by atoms with E-state index in [1.807, 2.05) is 6.07 Å². The zero-order valence-electron chi connectivity index (χ0n) is 12.6. The van der Waals surface area contributed by atoms with Crippen LogP contribution in [0.4, 0.5) is 4.39 Å². The molecule has 1 aliphatic carbocycles. The van der Waals surface area contributed by atoms with Gasteiger partial charge in [0.15, 0.2) is 0 Å². The normalized spacial score (nSPS) is 23.0. The third-order valence-electron chi connectivity index (χ3n) is 5.08. The second kappa shape index (κ2) is 6.14. The maximum atomic E-state index is 13.3. The topological polar surface area (TPSA) is 32.3 Å². The quantitative estimate of drug-likeness (QED) is 0.926. The summed E-state index contributed by atoms with van der Waals surface area (Å²) in [5.41, 5.74) is 2.56. The number of rotatable bonds is 3. The standard InChI is InChI=1S/C17H23FN2O/c1-19-17(21)11-20-8-6-12(7-9-20)15-4-2-13-10-14(18)3-5-16(13)15/h3,5,10,12,15H,2,4,6-9,11H2,1H3,(H,19,21). The van der Waals surface area contributed by atoms with Crippen molar-refractivity contribution in [3.8, 4) is 0 Å². The van der Waals surface area contributed by atoms with E-state index >= 15 is 0 Å². The van der Waals surface area contributed by atoms with Crippen LogP contribution >= 0.6 is 0 Å². The number of piperidine rings is 1. The van der Waals surface area contributed by atoms with Crippen molar-refractivity contribution in [2.24, 2.45) is 5.92 Å². The molecule has 1 saturated heterocycles. The fraction of sp³-hybridized carbons (Fsp3) is 0.588. The molecular weight excluding hydrogens is 267 g/mol. The van der Waals surface area contributed by atoms with E-state index in [4.69, 9.17) is 0 Å². The molecule has 1 heterocycles. The molecule has 0 aromatic heterocycles. The number of halogens is 1. The predicted molar refractivity (Wildman–Crippen MR) is 80.7 cm³/mol. The molecule has 3 nitrogen and oxygen atoms in total. The van der Waals surface area contributed by atoms with Gasteiger partial charge in [0.05, 0.1) is 6.54 Å². The van der Waals surface area contributed by atoms with Crippen LogP contribution in [0.5, 0.6) is 0 Å². The molecule has 0 radical (unpaired) electrons. The minimum atomic E-state index is -0.116.